The SMILES string of the molecule is CC(C)c1nc(N)c2c(n1)CNCC2. The Labute approximate surface area is 83.9 Å². The van der Waals surface area contributed by atoms with Gasteiger partial charge in [0.05, 0.1) is 5.69 Å². The Morgan fingerprint density at radius 3 is 2.86 bits per heavy atom. The number of nitrogen functional groups attached to an aromatic ring is 1. The maximum absolute atomic E-state index is 5.90. The first-order valence-corrected chi connectivity index (χ1v) is 5.04. The van der Waals surface area contributed by atoms with Gasteiger partial charge < -0.3 is 11.1 Å². The van der Waals surface area contributed by atoms with Crippen LogP contribution in [-0.4, -0.2) is 16.5 Å². The van der Waals surface area contributed by atoms with Crippen LogP contribution in [0.4, 0.5) is 5.82 Å². The third-order valence-electron chi connectivity index (χ3n) is 2.50. The minimum Gasteiger partial charge on any atom is -0.383 e. The van der Waals surface area contributed by atoms with Gasteiger partial charge in [-0.2, -0.15) is 0 Å². The average Bonchev–Trinajstić information content (AvgIpc) is 2.17. The van der Waals surface area contributed by atoms with E-state index in [-0.39, 0.29) is 0 Å². The second-order valence-corrected chi connectivity index (χ2v) is 3.97. The van der Waals surface area contributed by atoms with Crippen molar-refractivity contribution in [2.24, 2.45) is 0 Å². The number of nitrogens with zero attached hydrogens (tertiary/aromatic N) is 2. The molecule has 0 spiro atoms. The summed E-state index contributed by atoms with van der Waals surface area (Å²) in [6.07, 6.45) is 0.944. The van der Waals surface area contributed by atoms with Gasteiger partial charge in [-0.1, -0.05) is 13.8 Å². The van der Waals surface area contributed by atoms with Crippen molar-refractivity contribution < 1.29 is 0 Å². The highest BCUT2D eigenvalue weighted by molar-refractivity contribution is 5.43. The molecule has 4 nitrogen and oxygen atoms in total. The fourth-order valence-corrected chi connectivity index (χ4v) is 1.67. The van der Waals surface area contributed by atoms with Crippen LogP contribution in [0.5, 0.6) is 0 Å². The molecule has 2 rings (SSSR count). The molecule has 0 saturated carbocycles. The molecule has 0 bridgehead atoms. The van der Waals surface area contributed by atoms with Crippen LogP contribution in [0.1, 0.15) is 36.8 Å². The second-order valence-electron chi connectivity index (χ2n) is 3.97. The summed E-state index contributed by atoms with van der Waals surface area (Å²) in [6.45, 7) is 5.96. The molecule has 0 amide bonds. The Bertz CT molecular complexity index is 346. The number of fused-ring (bicyclic) bond motifs is 1. The number of nitrogens with one attached hydrogen (secondary N) is 1. The van der Waals surface area contributed by atoms with E-state index in [1.165, 1.54) is 0 Å². The molecule has 0 fully saturated rings. The predicted octanol–water partition coefficient (Wildman–Crippen LogP) is 0.828. The Morgan fingerprint density at radius 2 is 2.14 bits per heavy atom. The van der Waals surface area contributed by atoms with E-state index >= 15 is 0 Å². The van der Waals surface area contributed by atoms with Gasteiger partial charge in [-0.05, 0) is 13.0 Å². The van der Waals surface area contributed by atoms with E-state index in [2.05, 4.69) is 29.1 Å². The molecule has 14 heavy (non-hydrogen) atoms. The molecular weight excluding hydrogens is 176 g/mol. The maximum atomic E-state index is 5.90. The fourth-order valence-electron chi connectivity index (χ4n) is 1.67. The van der Waals surface area contributed by atoms with E-state index in [9.17, 15) is 0 Å². The molecule has 76 valence electrons. The smallest absolute Gasteiger partial charge is 0.133 e. The zero-order valence-electron chi connectivity index (χ0n) is 8.67. The molecule has 1 aliphatic heterocycles. The molecule has 0 unspecified atom stereocenters. The van der Waals surface area contributed by atoms with Crippen LogP contribution >= 0.6 is 0 Å². The Kier molecular flexibility index (Phi) is 2.37. The summed E-state index contributed by atoms with van der Waals surface area (Å²) in [5, 5.41) is 3.29. The summed E-state index contributed by atoms with van der Waals surface area (Å²) in [6, 6.07) is 0. The van der Waals surface area contributed by atoms with E-state index in [0.29, 0.717) is 11.7 Å². The first kappa shape index (κ1) is 9.40. The summed E-state index contributed by atoms with van der Waals surface area (Å²) in [4.78, 5) is 8.84. The average molecular weight is 192 g/mol. The zero-order valence-corrected chi connectivity index (χ0v) is 8.67. The minimum absolute atomic E-state index is 0.338. The maximum Gasteiger partial charge on any atom is 0.133 e. The summed E-state index contributed by atoms with van der Waals surface area (Å²) >= 11 is 0. The van der Waals surface area contributed by atoms with Crippen LogP contribution < -0.4 is 11.1 Å². The second kappa shape index (κ2) is 3.53. The van der Waals surface area contributed by atoms with Gasteiger partial charge in [0, 0.05) is 18.0 Å². The molecule has 2 heterocycles. The van der Waals surface area contributed by atoms with Gasteiger partial charge in [0.1, 0.15) is 11.6 Å². The third-order valence-corrected chi connectivity index (χ3v) is 2.50. The molecule has 1 aliphatic rings. The van der Waals surface area contributed by atoms with Crippen LogP contribution in [0, 0.1) is 0 Å². The van der Waals surface area contributed by atoms with Gasteiger partial charge in [-0.3, -0.25) is 0 Å². The lowest BCUT2D eigenvalue weighted by Crippen LogP contribution is -2.27. The molecular formula is C10H16N4. The Morgan fingerprint density at radius 1 is 1.36 bits per heavy atom. The zero-order chi connectivity index (χ0) is 10.1. The molecule has 0 aliphatic carbocycles. The van der Waals surface area contributed by atoms with E-state index in [4.69, 9.17) is 5.73 Å². The largest absolute Gasteiger partial charge is 0.383 e. The van der Waals surface area contributed by atoms with Crippen molar-refractivity contribution in [2.75, 3.05) is 12.3 Å². The minimum atomic E-state index is 0.338. The van der Waals surface area contributed by atoms with E-state index < -0.39 is 0 Å². The van der Waals surface area contributed by atoms with Crippen molar-refractivity contribution >= 4 is 5.82 Å². The van der Waals surface area contributed by atoms with Gasteiger partial charge in [0.15, 0.2) is 0 Å². The molecule has 3 N–H and O–H groups in total. The highest BCUT2D eigenvalue weighted by Gasteiger charge is 2.16. The van der Waals surface area contributed by atoms with E-state index in [0.717, 1.165) is 36.6 Å². The van der Waals surface area contributed by atoms with Crippen LogP contribution in [0.3, 0.4) is 0 Å². The summed E-state index contributed by atoms with van der Waals surface area (Å²) in [5.41, 5.74) is 8.11. The van der Waals surface area contributed by atoms with E-state index in [1.54, 1.807) is 0 Å². The lowest BCUT2D eigenvalue weighted by Gasteiger charge is -2.18. The predicted molar refractivity (Wildman–Crippen MR) is 55.9 cm³/mol. The molecule has 0 atom stereocenters. The van der Waals surface area contributed by atoms with Crippen molar-refractivity contribution in [1.82, 2.24) is 15.3 Å². The first-order chi connectivity index (χ1) is 6.68. The van der Waals surface area contributed by atoms with Crippen LogP contribution in [0.15, 0.2) is 0 Å². The molecule has 1 aromatic rings. The summed E-state index contributed by atoms with van der Waals surface area (Å²) in [7, 11) is 0. The van der Waals surface area contributed by atoms with Crippen molar-refractivity contribution in [3.8, 4) is 0 Å². The standard InChI is InChI=1S/C10H16N4/c1-6(2)10-13-8-5-12-4-3-7(8)9(11)14-10/h6,12H,3-5H2,1-2H3,(H2,11,13,14). The van der Waals surface area contributed by atoms with Gasteiger partial charge in [0.25, 0.3) is 0 Å². The lowest BCUT2D eigenvalue weighted by atomic mass is 10.1. The van der Waals surface area contributed by atoms with Gasteiger partial charge >= 0.3 is 0 Å². The molecule has 0 radical (unpaired) electrons. The van der Waals surface area contributed by atoms with Gasteiger partial charge in [0.2, 0.25) is 0 Å². The van der Waals surface area contributed by atoms with Crippen LogP contribution in [0.2, 0.25) is 0 Å². The number of nitrogens with two attached hydrogens (primary N) is 1. The quantitative estimate of drug-likeness (QED) is 0.691. The van der Waals surface area contributed by atoms with Crippen LogP contribution in [0.25, 0.3) is 0 Å². The number of hydrogen-bond donors (Lipinski definition) is 2. The lowest BCUT2D eigenvalue weighted by molar-refractivity contribution is 0.613. The monoisotopic (exact) mass is 192 g/mol. The molecule has 0 saturated heterocycles. The van der Waals surface area contributed by atoms with Crippen molar-refractivity contribution in [1.29, 1.82) is 0 Å². The number of rotatable bonds is 1. The molecule has 0 aromatic carbocycles. The highest BCUT2D eigenvalue weighted by atomic mass is 15.0. The third kappa shape index (κ3) is 1.57. The van der Waals surface area contributed by atoms with Gasteiger partial charge in [-0.25, -0.2) is 9.97 Å². The van der Waals surface area contributed by atoms with Crippen LogP contribution in [-0.2, 0) is 13.0 Å². The number of aromatic nitrogens is 2. The highest BCUT2D eigenvalue weighted by Crippen LogP contribution is 2.20. The van der Waals surface area contributed by atoms with Gasteiger partial charge in [-0.15, -0.1) is 0 Å². The Balaban J connectivity index is 2.46. The topological polar surface area (TPSA) is 63.8 Å². The van der Waals surface area contributed by atoms with Crippen molar-refractivity contribution in [3.63, 3.8) is 0 Å². The van der Waals surface area contributed by atoms with E-state index in [1.807, 2.05) is 0 Å². The molecule has 4 heteroatoms. The summed E-state index contributed by atoms with van der Waals surface area (Å²) < 4.78 is 0. The first-order valence-electron chi connectivity index (χ1n) is 5.04. The normalized spacial score (nSPS) is 15.6. The van der Waals surface area contributed by atoms with Crippen molar-refractivity contribution in [3.05, 3.63) is 17.1 Å². The summed E-state index contributed by atoms with van der Waals surface area (Å²) in [5.74, 6) is 1.86. The number of anilines is 1. The number of hydrogen-bond acceptors (Lipinski definition) is 4. The Hall–Kier alpha value is -1.16. The molecule has 1 aromatic heterocycles. The fraction of sp³-hybridized carbons (Fsp3) is 0.600. The van der Waals surface area contributed by atoms with Crippen molar-refractivity contribution in [2.45, 2.75) is 32.7 Å².